The number of hydrogen-bond acceptors (Lipinski definition) is 3. The summed E-state index contributed by atoms with van der Waals surface area (Å²) < 4.78 is 19.5. The number of nitrogens with one attached hydrogen (secondary N) is 2. The molecule has 1 fully saturated rings. The van der Waals surface area contributed by atoms with Crippen LogP contribution in [0.4, 0.5) is 14.9 Å². The number of anilines is 1. The fourth-order valence-electron chi connectivity index (χ4n) is 2.51. The number of halogens is 1. The van der Waals surface area contributed by atoms with Crippen LogP contribution in [0.3, 0.4) is 0 Å². The maximum Gasteiger partial charge on any atom is 0.319 e. The lowest BCUT2D eigenvalue weighted by Crippen LogP contribution is -2.50. The van der Waals surface area contributed by atoms with E-state index in [9.17, 15) is 14.3 Å². The third-order valence-corrected chi connectivity index (χ3v) is 4.10. The van der Waals surface area contributed by atoms with Crippen molar-refractivity contribution in [3.05, 3.63) is 24.0 Å². The normalized spacial score (nSPS) is 17.0. The maximum atomic E-state index is 14.0. The molecule has 0 radical (unpaired) electrons. The summed E-state index contributed by atoms with van der Waals surface area (Å²) in [6.07, 6.45) is 4.62. The predicted molar refractivity (Wildman–Crippen MR) is 87.2 cm³/mol. The van der Waals surface area contributed by atoms with E-state index < -0.39 is 17.4 Å². The molecule has 0 aliphatic heterocycles. The topological polar surface area (TPSA) is 70.6 Å². The summed E-state index contributed by atoms with van der Waals surface area (Å²) >= 11 is 0. The number of aliphatic hydroxyl groups excluding tert-OH is 1. The summed E-state index contributed by atoms with van der Waals surface area (Å²) in [5.41, 5.74) is -0.345. The molecule has 0 bridgehead atoms. The smallest absolute Gasteiger partial charge is 0.319 e. The van der Waals surface area contributed by atoms with Gasteiger partial charge in [0.1, 0.15) is 0 Å². The summed E-state index contributed by atoms with van der Waals surface area (Å²) in [6, 6.07) is 3.90. The van der Waals surface area contributed by atoms with Crippen molar-refractivity contribution in [2.24, 2.45) is 0 Å². The molecule has 23 heavy (non-hydrogen) atoms. The van der Waals surface area contributed by atoms with E-state index in [1.807, 2.05) is 6.92 Å². The molecule has 2 amide bonds. The van der Waals surface area contributed by atoms with Crippen LogP contribution < -0.4 is 15.4 Å². The molecule has 128 valence electrons. The summed E-state index contributed by atoms with van der Waals surface area (Å²) in [4.78, 5) is 12.0. The predicted octanol–water partition coefficient (Wildman–Crippen LogP) is 3.43. The molecule has 1 saturated carbocycles. The number of carbonyl (C=O) groups is 1. The number of amides is 2. The third kappa shape index (κ3) is 4.82. The van der Waals surface area contributed by atoms with E-state index in [1.54, 1.807) is 13.0 Å². The Bertz CT molecular complexity index is 549. The minimum Gasteiger partial charge on any atom is -0.487 e. The maximum absolute atomic E-state index is 14.0. The van der Waals surface area contributed by atoms with Crippen molar-refractivity contribution in [1.82, 2.24) is 5.32 Å². The zero-order valence-corrected chi connectivity index (χ0v) is 13.7. The number of hydrogen-bond donors (Lipinski definition) is 3. The molecule has 0 saturated heterocycles. The quantitative estimate of drug-likeness (QED) is 0.719. The van der Waals surface area contributed by atoms with Crippen LogP contribution in [0.2, 0.25) is 0 Å². The van der Waals surface area contributed by atoms with Crippen molar-refractivity contribution >= 4 is 11.7 Å². The van der Waals surface area contributed by atoms with Crippen LogP contribution >= 0.6 is 0 Å². The Morgan fingerprint density at radius 3 is 2.74 bits per heavy atom. The van der Waals surface area contributed by atoms with Crippen molar-refractivity contribution in [1.29, 1.82) is 0 Å². The van der Waals surface area contributed by atoms with Gasteiger partial charge in [0.2, 0.25) is 0 Å². The highest BCUT2D eigenvalue weighted by molar-refractivity contribution is 5.89. The van der Waals surface area contributed by atoms with Gasteiger partial charge in [-0.3, -0.25) is 0 Å². The summed E-state index contributed by atoms with van der Waals surface area (Å²) in [5, 5.41) is 14.7. The van der Waals surface area contributed by atoms with Gasteiger partial charge in [-0.25, -0.2) is 9.18 Å². The van der Waals surface area contributed by atoms with Crippen molar-refractivity contribution in [3.8, 4) is 5.75 Å². The largest absolute Gasteiger partial charge is 0.487 e. The number of carbonyl (C=O) groups excluding carboxylic acids is 1. The minimum absolute atomic E-state index is 0.103. The van der Waals surface area contributed by atoms with Gasteiger partial charge in [-0.05, 0) is 44.7 Å². The lowest BCUT2D eigenvalue weighted by molar-refractivity contribution is 0.115. The highest BCUT2D eigenvalue weighted by Crippen LogP contribution is 2.28. The molecule has 1 aliphatic carbocycles. The van der Waals surface area contributed by atoms with Crippen LogP contribution in [0.1, 0.15) is 46.0 Å². The zero-order valence-electron chi connectivity index (χ0n) is 13.7. The summed E-state index contributed by atoms with van der Waals surface area (Å²) in [6.45, 7) is 3.59. The fraction of sp³-hybridized carbons (Fsp3) is 0.588. The Balaban J connectivity index is 1.94. The Hall–Kier alpha value is -1.82. The van der Waals surface area contributed by atoms with Gasteiger partial charge in [-0.2, -0.15) is 0 Å². The van der Waals surface area contributed by atoms with Gasteiger partial charge in [0.05, 0.1) is 18.2 Å². The molecule has 1 aromatic rings. The molecule has 2 rings (SSSR count). The van der Waals surface area contributed by atoms with E-state index in [0.29, 0.717) is 12.1 Å². The van der Waals surface area contributed by atoms with Crippen molar-refractivity contribution < 1.29 is 19.0 Å². The number of ether oxygens (including phenoxy) is 1. The molecule has 0 aromatic heterocycles. The average Bonchev–Trinajstić information content (AvgIpc) is 2.44. The molecule has 1 aliphatic rings. The van der Waals surface area contributed by atoms with Crippen molar-refractivity contribution in [2.75, 3.05) is 11.9 Å². The molecule has 6 heteroatoms. The van der Waals surface area contributed by atoms with Gasteiger partial charge in [0, 0.05) is 11.8 Å². The van der Waals surface area contributed by atoms with E-state index in [0.717, 1.165) is 25.7 Å². The van der Waals surface area contributed by atoms with Crippen LogP contribution in [0.5, 0.6) is 5.75 Å². The minimum atomic E-state index is -0.690. The van der Waals surface area contributed by atoms with Gasteiger partial charge >= 0.3 is 6.03 Å². The van der Waals surface area contributed by atoms with E-state index in [4.69, 9.17) is 4.74 Å². The first-order valence-electron chi connectivity index (χ1n) is 8.12. The molecule has 0 heterocycles. The second kappa shape index (κ2) is 7.64. The second-order valence-electron chi connectivity index (χ2n) is 6.36. The SMILES string of the molecule is CCCC(C)(CO)NC(=O)Nc1ccc(OC2CCC2)c(F)c1. The average molecular weight is 324 g/mol. The van der Waals surface area contributed by atoms with Crippen LogP contribution in [0.25, 0.3) is 0 Å². The lowest BCUT2D eigenvalue weighted by atomic mass is 9.96. The van der Waals surface area contributed by atoms with Gasteiger partial charge < -0.3 is 20.5 Å². The monoisotopic (exact) mass is 324 g/mol. The molecule has 1 atom stereocenters. The van der Waals surface area contributed by atoms with Crippen molar-refractivity contribution in [3.63, 3.8) is 0 Å². The van der Waals surface area contributed by atoms with Crippen LogP contribution in [-0.2, 0) is 0 Å². The van der Waals surface area contributed by atoms with Gasteiger partial charge in [-0.1, -0.05) is 13.3 Å². The number of rotatable bonds is 7. The Morgan fingerprint density at radius 2 is 2.22 bits per heavy atom. The van der Waals surface area contributed by atoms with Crippen molar-refractivity contribution in [2.45, 2.75) is 57.6 Å². The second-order valence-corrected chi connectivity index (χ2v) is 6.36. The highest BCUT2D eigenvalue weighted by atomic mass is 19.1. The first kappa shape index (κ1) is 17.5. The van der Waals surface area contributed by atoms with E-state index in [2.05, 4.69) is 10.6 Å². The zero-order chi connectivity index (χ0) is 16.9. The van der Waals surface area contributed by atoms with Crippen LogP contribution in [0.15, 0.2) is 18.2 Å². The third-order valence-electron chi connectivity index (χ3n) is 4.10. The standard InChI is InChI=1S/C17H25FN2O3/c1-3-9-17(2,11-21)20-16(22)19-12-7-8-15(14(18)10-12)23-13-5-4-6-13/h7-8,10,13,21H,3-6,9,11H2,1-2H3,(H2,19,20,22). The molecule has 3 N–H and O–H groups in total. The Labute approximate surface area is 136 Å². The first-order chi connectivity index (χ1) is 11.0. The van der Waals surface area contributed by atoms with E-state index in [-0.39, 0.29) is 18.5 Å². The summed E-state index contributed by atoms with van der Waals surface area (Å²) in [7, 11) is 0. The van der Waals surface area contributed by atoms with Crippen LogP contribution in [-0.4, -0.2) is 29.4 Å². The molecule has 5 nitrogen and oxygen atoms in total. The highest BCUT2D eigenvalue weighted by Gasteiger charge is 2.25. The van der Waals surface area contributed by atoms with Gasteiger partial charge in [0.25, 0.3) is 0 Å². The Kier molecular flexibility index (Phi) is 5.82. The lowest BCUT2D eigenvalue weighted by Gasteiger charge is -2.28. The van der Waals surface area contributed by atoms with Crippen LogP contribution in [0, 0.1) is 5.82 Å². The first-order valence-corrected chi connectivity index (χ1v) is 8.12. The molecule has 1 unspecified atom stereocenters. The Morgan fingerprint density at radius 1 is 1.48 bits per heavy atom. The number of aliphatic hydroxyl groups is 1. The number of urea groups is 1. The van der Waals surface area contributed by atoms with E-state index >= 15 is 0 Å². The van der Waals surface area contributed by atoms with E-state index in [1.165, 1.54) is 12.1 Å². The summed E-state index contributed by atoms with van der Waals surface area (Å²) in [5.74, 6) is -0.278. The fourth-order valence-corrected chi connectivity index (χ4v) is 2.51. The molecular formula is C17H25FN2O3. The van der Waals surface area contributed by atoms with Gasteiger partial charge in [0.15, 0.2) is 11.6 Å². The molecule has 1 aromatic carbocycles. The molecular weight excluding hydrogens is 299 g/mol. The van der Waals surface area contributed by atoms with Gasteiger partial charge in [-0.15, -0.1) is 0 Å². The molecule has 0 spiro atoms. The number of benzene rings is 1.